The zero-order chi connectivity index (χ0) is 16.7. The number of hydrogen-bond acceptors (Lipinski definition) is 5. The van der Waals surface area contributed by atoms with Gasteiger partial charge in [0.05, 0.1) is 12.7 Å². The summed E-state index contributed by atoms with van der Waals surface area (Å²) in [5.41, 5.74) is 1.97. The van der Waals surface area contributed by atoms with Crippen LogP contribution in [-0.4, -0.2) is 32.0 Å². The Labute approximate surface area is 127 Å². The van der Waals surface area contributed by atoms with Crippen molar-refractivity contribution in [2.24, 2.45) is 5.14 Å². The molecule has 0 aromatic rings. The molecular formula is C14H25NO5S. The maximum atomic E-state index is 10.9. The highest BCUT2D eigenvalue weighted by Gasteiger charge is 2.23. The van der Waals surface area contributed by atoms with Crippen LogP contribution in [0.1, 0.15) is 34.1 Å². The van der Waals surface area contributed by atoms with Crippen molar-refractivity contribution in [1.82, 2.24) is 0 Å². The van der Waals surface area contributed by atoms with Gasteiger partial charge >= 0.3 is 10.3 Å². The summed E-state index contributed by atoms with van der Waals surface area (Å²) in [4.78, 5) is 0. The normalized spacial score (nSPS) is 14.2. The van der Waals surface area contributed by atoms with E-state index in [9.17, 15) is 13.5 Å². The first-order chi connectivity index (χ1) is 9.44. The lowest BCUT2D eigenvalue weighted by Crippen LogP contribution is -2.34. The van der Waals surface area contributed by atoms with E-state index in [0.29, 0.717) is 6.42 Å². The van der Waals surface area contributed by atoms with Crippen LogP contribution in [0.4, 0.5) is 0 Å². The van der Waals surface area contributed by atoms with Crippen LogP contribution < -0.4 is 5.14 Å². The monoisotopic (exact) mass is 319 g/mol. The van der Waals surface area contributed by atoms with Gasteiger partial charge in [-0.1, -0.05) is 30.4 Å². The quantitative estimate of drug-likeness (QED) is 0.498. The first kappa shape index (κ1) is 20.0. The van der Waals surface area contributed by atoms with Gasteiger partial charge in [0.2, 0.25) is 0 Å². The number of aliphatic hydroxyl groups is 1. The highest BCUT2D eigenvalue weighted by atomic mass is 32.2. The van der Waals surface area contributed by atoms with Crippen LogP contribution in [0.3, 0.4) is 0 Å². The largest absolute Gasteiger partial charge is 0.366 e. The average Bonchev–Trinajstić information content (AvgIpc) is 2.28. The predicted molar refractivity (Wildman–Crippen MR) is 82.6 cm³/mol. The summed E-state index contributed by atoms with van der Waals surface area (Å²) >= 11 is 0. The van der Waals surface area contributed by atoms with Crippen LogP contribution in [0.5, 0.6) is 0 Å². The van der Waals surface area contributed by atoms with Gasteiger partial charge in [0.25, 0.3) is 0 Å². The molecule has 0 amide bonds. The number of hydrogen-bond donors (Lipinski definition) is 2. The second-order valence-corrected chi connectivity index (χ2v) is 6.51. The SMILES string of the molecule is C=C/C=C\C(CC(COS(N)(=O)=O)OC(C)(C)O)=C(C)C. The second kappa shape index (κ2) is 8.45. The third-order valence-electron chi connectivity index (χ3n) is 2.40. The van der Waals surface area contributed by atoms with Gasteiger partial charge in [0.1, 0.15) is 0 Å². The summed E-state index contributed by atoms with van der Waals surface area (Å²) < 4.78 is 31.8. The summed E-state index contributed by atoms with van der Waals surface area (Å²) in [5.74, 6) is -1.42. The zero-order valence-corrected chi connectivity index (χ0v) is 13.8. The van der Waals surface area contributed by atoms with E-state index in [4.69, 9.17) is 9.88 Å². The van der Waals surface area contributed by atoms with Gasteiger partial charge < -0.3 is 9.84 Å². The Morgan fingerprint density at radius 3 is 2.38 bits per heavy atom. The van der Waals surface area contributed by atoms with Crippen LogP contribution in [0.15, 0.2) is 36.0 Å². The Hall–Kier alpha value is -0.990. The lowest BCUT2D eigenvalue weighted by molar-refractivity contribution is -0.210. The fraction of sp³-hybridized carbons (Fsp3) is 0.571. The summed E-state index contributed by atoms with van der Waals surface area (Å²) in [6, 6.07) is 0. The highest BCUT2D eigenvalue weighted by Crippen LogP contribution is 2.19. The maximum absolute atomic E-state index is 10.9. The summed E-state index contributed by atoms with van der Waals surface area (Å²) in [7, 11) is -4.06. The van der Waals surface area contributed by atoms with Crippen molar-refractivity contribution in [1.29, 1.82) is 0 Å². The standard InChI is InChI=1S/C14H25NO5S/c1-6-7-8-12(11(2)3)9-13(20-14(4,5)16)10-19-21(15,17)18/h6-8,13,16H,1,9-10H2,2-5H3,(H2,15,17,18)/b8-7-. The number of rotatable bonds is 9. The smallest absolute Gasteiger partial charge is 0.333 e. The second-order valence-electron chi connectivity index (χ2n) is 5.29. The summed E-state index contributed by atoms with van der Waals surface area (Å²) in [5, 5.41) is 14.5. The van der Waals surface area contributed by atoms with Gasteiger partial charge in [-0.2, -0.15) is 8.42 Å². The number of ether oxygens (including phenoxy) is 1. The fourth-order valence-corrected chi connectivity index (χ4v) is 1.92. The van der Waals surface area contributed by atoms with Gasteiger partial charge in [0, 0.05) is 6.42 Å². The average molecular weight is 319 g/mol. The van der Waals surface area contributed by atoms with Crippen LogP contribution >= 0.6 is 0 Å². The lowest BCUT2D eigenvalue weighted by atomic mass is 10.0. The van der Waals surface area contributed by atoms with E-state index in [-0.39, 0.29) is 6.61 Å². The predicted octanol–water partition coefficient (Wildman–Crippen LogP) is 1.79. The lowest BCUT2D eigenvalue weighted by Gasteiger charge is -2.26. The molecule has 0 saturated heterocycles. The molecule has 0 aromatic heterocycles. The molecule has 21 heavy (non-hydrogen) atoms. The first-order valence-electron chi connectivity index (χ1n) is 6.47. The molecule has 0 aliphatic heterocycles. The van der Waals surface area contributed by atoms with Gasteiger partial charge in [-0.25, -0.2) is 5.14 Å². The first-order valence-corrected chi connectivity index (χ1v) is 7.94. The van der Waals surface area contributed by atoms with E-state index in [1.807, 2.05) is 19.9 Å². The molecule has 1 atom stereocenters. The molecule has 0 bridgehead atoms. The molecule has 0 aromatic carbocycles. The van der Waals surface area contributed by atoms with Crippen LogP contribution in [0.2, 0.25) is 0 Å². The van der Waals surface area contributed by atoms with Crippen molar-refractivity contribution >= 4 is 10.3 Å². The molecule has 0 rings (SSSR count). The summed E-state index contributed by atoms with van der Waals surface area (Å²) in [6.07, 6.45) is 4.95. The van der Waals surface area contributed by atoms with Gasteiger partial charge in [-0.3, -0.25) is 4.18 Å². The number of allylic oxidation sites excluding steroid dienone is 4. The molecule has 6 nitrogen and oxygen atoms in total. The minimum Gasteiger partial charge on any atom is -0.366 e. The number of nitrogens with two attached hydrogens (primary N) is 1. The van der Waals surface area contributed by atoms with Gasteiger partial charge in [-0.15, -0.1) is 0 Å². The minimum absolute atomic E-state index is 0.276. The Morgan fingerprint density at radius 2 is 2.00 bits per heavy atom. The Kier molecular flexibility index (Phi) is 8.05. The Balaban J connectivity index is 5.07. The fourth-order valence-electron chi connectivity index (χ4n) is 1.58. The van der Waals surface area contributed by atoms with Crippen molar-refractivity contribution in [2.45, 2.75) is 46.0 Å². The molecule has 0 saturated carbocycles. The molecule has 122 valence electrons. The third kappa shape index (κ3) is 11.4. The van der Waals surface area contributed by atoms with E-state index >= 15 is 0 Å². The maximum Gasteiger partial charge on any atom is 0.333 e. The van der Waals surface area contributed by atoms with Crippen molar-refractivity contribution in [3.05, 3.63) is 36.0 Å². The topological polar surface area (TPSA) is 98.9 Å². The van der Waals surface area contributed by atoms with E-state index in [1.165, 1.54) is 13.8 Å². The molecule has 0 heterocycles. The Bertz CT molecular complexity index is 496. The van der Waals surface area contributed by atoms with Gasteiger partial charge in [0.15, 0.2) is 5.79 Å². The summed E-state index contributed by atoms with van der Waals surface area (Å²) in [6.45, 7) is 10.1. The van der Waals surface area contributed by atoms with Crippen LogP contribution in [-0.2, 0) is 19.2 Å². The third-order valence-corrected chi connectivity index (χ3v) is 2.86. The molecular weight excluding hydrogens is 294 g/mol. The van der Waals surface area contributed by atoms with Crippen molar-refractivity contribution in [3.8, 4) is 0 Å². The van der Waals surface area contributed by atoms with Gasteiger partial charge in [-0.05, 0) is 33.3 Å². The molecule has 0 spiro atoms. The molecule has 7 heteroatoms. The van der Waals surface area contributed by atoms with Crippen molar-refractivity contribution in [2.75, 3.05) is 6.61 Å². The van der Waals surface area contributed by atoms with Crippen molar-refractivity contribution in [3.63, 3.8) is 0 Å². The molecule has 0 fully saturated rings. The zero-order valence-electron chi connectivity index (χ0n) is 13.0. The molecule has 0 aliphatic rings. The van der Waals surface area contributed by atoms with Crippen molar-refractivity contribution < 1.29 is 22.4 Å². The van der Waals surface area contributed by atoms with E-state index in [0.717, 1.165) is 11.1 Å². The van der Waals surface area contributed by atoms with Crippen LogP contribution in [0.25, 0.3) is 0 Å². The molecule has 3 N–H and O–H groups in total. The minimum atomic E-state index is -4.06. The molecule has 0 radical (unpaired) electrons. The molecule has 0 aliphatic carbocycles. The Morgan fingerprint density at radius 1 is 1.43 bits per heavy atom. The highest BCUT2D eigenvalue weighted by molar-refractivity contribution is 7.84. The van der Waals surface area contributed by atoms with Crippen LogP contribution in [0, 0.1) is 0 Å². The van der Waals surface area contributed by atoms with E-state index < -0.39 is 22.2 Å². The van der Waals surface area contributed by atoms with E-state index in [2.05, 4.69) is 10.8 Å². The molecule has 1 unspecified atom stereocenters. The van der Waals surface area contributed by atoms with E-state index in [1.54, 1.807) is 12.2 Å².